The molecular formula is C24H43IO5. The summed E-state index contributed by atoms with van der Waals surface area (Å²) < 4.78 is 5.58. The van der Waals surface area contributed by atoms with Gasteiger partial charge in [0, 0.05) is 10.8 Å². The SMILES string of the molecule is CCC(C)(I)C(=O)OC1(C)CC2(C(C)(C)O)CC(C(C)(C)O)CC(C(C)(C)O)(C1)C2. The van der Waals surface area contributed by atoms with Crippen molar-refractivity contribution >= 4 is 28.6 Å². The van der Waals surface area contributed by atoms with Gasteiger partial charge in [-0.25, -0.2) is 0 Å². The summed E-state index contributed by atoms with van der Waals surface area (Å²) in [6.45, 7) is 16.7. The number of rotatable bonds is 6. The lowest BCUT2D eigenvalue weighted by Crippen LogP contribution is -2.67. The fourth-order valence-corrected chi connectivity index (χ4v) is 6.09. The smallest absolute Gasteiger partial charge is 0.322 e. The number of ether oxygens (including phenoxy) is 1. The van der Waals surface area contributed by atoms with Gasteiger partial charge in [0.15, 0.2) is 0 Å². The minimum Gasteiger partial charge on any atom is -0.458 e. The minimum atomic E-state index is -1.06. The quantitative estimate of drug-likeness (QED) is 0.258. The van der Waals surface area contributed by atoms with Crippen molar-refractivity contribution in [2.75, 3.05) is 0 Å². The van der Waals surface area contributed by atoms with Gasteiger partial charge in [-0.2, -0.15) is 0 Å². The van der Waals surface area contributed by atoms with Gasteiger partial charge in [0.2, 0.25) is 0 Å². The molecule has 0 aromatic rings. The van der Waals surface area contributed by atoms with Crippen molar-refractivity contribution in [1.82, 2.24) is 0 Å². The molecule has 0 spiro atoms. The zero-order valence-corrected chi connectivity index (χ0v) is 22.5. The maximum atomic E-state index is 13.0. The molecule has 2 rings (SSSR count). The first kappa shape index (κ1) is 26.3. The van der Waals surface area contributed by atoms with Gasteiger partial charge in [-0.15, -0.1) is 0 Å². The third-order valence-electron chi connectivity index (χ3n) is 8.40. The molecule has 2 saturated carbocycles. The van der Waals surface area contributed by atoms with Crippen LogP contribution in [-0.4, -0.2) is 47.1 Å². The Morgan fingerprint density at radius 3 is 1.63 bits per heavy atom. The highest BCUT2D eigenvalue weighted by atomic mass is 127. The van der Waals surface area contributed by atoms with Gasteiger partial charge in [0.1, 0.15) is 9.02 Å². The van der Waals surface area contributed by atoms with E-state index < -0.39 is 36.7 Å². The molecule has 6 heteroatoms. The summed E-state index contributed by atoms with van der Waals surface area (Å²) in [5, 5.41) is 33.7. The van der Waals surface area contributed by atoms with E-state index in [-0.39, 0.29) is 11.9 Å². The monoisotopic (exact) mass is 538 g/mol. The normalized spacial score (nSPS) is 37.4. The summed E-state index contributed by atoms with van der Waals surface area (Å²) in [6, 6.07) is 0. The molecule has 176 valence electrons. The molecule has 0 aliphatic heterocycles. The largest absolute Gasteiger partial charge is 0.458 e. The topological polar surface area (TPSA) is 87.0 Å². The summed E-state index contributed by atoms with van der Waals surface area (Å²) in [5.74, 6) is -0.321. The van der Waals surface area contributed by atoms with E-state index in [1.807, 2.05) is 62.3 Å². The molecule has 0 saturated heterocycles. The summed E-state index contributed by atoms with van der Waals surface area (Å²) in [4.78, 5) is 13.0. The van der Waals surface area contributed by atoms with Gasteiger partial charge in [0.25, 0.3) is 0 Å². The Morgan fingerprint density at radius 1 is 0.933 bits per heavy atom. The van der Waals surface area contributed by atoms with Crippen molar-refractivity contribution in [2.24, 2.45) is 16.7 Å². The van der Waals surface area contributed by atoms with Crippen molar-refractivity contribution in [2.45, 2.75) is 127 Å². The number of esters is 1. The fourth-order valence-electron chi connectivity index (χ4n) is 5.98. The van der Waals surface area contributed by atoms with Gasteiger partial charge in [-0.05, 0) is 99.8 Å². The van der Waals surface area contributed by atoms with E-state index in [2.05, 4.69) is 22.6 Å². The highest BCUT2D eigenvalue weighted by Crippen LogP contribution is 2.68. The number of hydrogen-bond acceptors (Lipinski definition) is 5. The zero-order valence-electron chi connectivity index (χ0n) is 20.4. The van der Waals surface area contributed by atoms with Gasteiger partial charge in [-0.1, -0.05) is 29.5 Å². The Kier molecular flexibility index (Phi) is 6.63. The van der Waals surface area contributed by atoms with Crippen LogP contribution in [0.2, 0.25) is 0 Å². The Morgan fingerprint density at radius 2 is 1.33 bits per heavy atom. The molecule has 3 atom stereocenters. The Balaban J connectivity index is 2.61. The maximum absolute atomic E-state index is 13.0. The molecule has 0 heterocycles. The minimum absolute atomic E-state index is 0.0742. The van der Waals surface area contributed by atoms with E-state index in [1.54, 1.807) is 0 Å². The molecule has 0 radical (unpaired) electrons. The lowest BCUT2D eigenvalue weighted by molar-refractivity contribution is -0.259. The molecule has 2 aliphatic rings. The number of alkyl halides is 1. The summed E-state index contributed by atoms with van der Waals surface area (Å²) >= 11 is 2.15. The molecule has 0 aromatic carbocycles. The lowest BCUT2D eigenvalue weighted by atomic mass is 9.41. The number of carbonyl (C=O) groups excluding carboxylic acids is 1. The zero-order chi connectivity index (χ0) is 23.6. The first-order chi connectivity index (χ1) is 13.1. The molecule has 5 nitrogen and oxygen atoms in total. The average molecular weight is 539 g/mol. The number of hydrogen-bond donors (Lipinski definition) is 3. The number of halogens is 1. The van der Waals surface area contributed by atoms with Gasteiger partial charge in [-0.3, -0.25) is 4.79 Å². The van der Waals surface area contributed by atoms with Crippen LogP contribution in [0.5, 0.6) is 0 Å². The van der Waals surface area contributed by atoms with Crippen LogP contribution in [0.4, 0.5) is 0 Å². The van der Waals surface area contributed by atoms with Gasteiger partial charge < -0.3 is 20.1 Å². The van der Waals surface area contributed by atoms with Crippen molar-refractivity contribution < 1.29 is 24.9 Å². The summed E-state index contributed by atoms with van der Waals surface area (Å²) in [5.41, 5.74) is -5.02. The molecule has 2 bridgehead atoms. The van der Waals surface area contributed by atoms with Crippen LogP contribution < -0.4 is 0 Å². The number of carbonyl (C=O) groups is 1. The summed E-state index contributed by atoms with van der Waals surface area (Å²) in [7, 11) is 0. The van der Waals surface area contributed by atoms with E-state index >= 15 is 0 Å². The molecule has 2 aliphatic carbocycles. The molecular weight excluding hydrogens is 495 g/mol. The predicted molar refractivity (Wildman–Crippen MR) is 128 cm³/mol. The van der Waals surface area contributed by atoms with Crippen LogP contribution in [0.15, 0.2) is 0 Å². The second-order valence-corrected chi connectivity index (χ2v) is 14.7. The lowest BCUT2D eigenvalue weighted by Gasteiger charge is -2.66. The average Bonchev–Trinajstić information content (AvgIpc) is 2.50. The van der Waals surface area contributed by atoms with E-state index in [9.17, 15) is 20.1 Å². The Hall–Kier alpha value is 0.0800. The van der Waals surface area contributed by atoms with Crippen LogP contribution >= 0.6 is 22.6 Å². The van der Waals surface area contributed by atoms with Crippen LogP contribution in [0.3, 0.4) is 0 Å². The number of aliphatic hydroxyl groups is 3. The van der Waals surface area contributed by atoms with Crippen LogP contribution in [0, 0.1) is 16.7 Å². The molecule has 30 heavy (non-hydrogen) atoms. The third kappa shape index (κ3) is 4.72. The molecule has 3 unspecified atom stereocenters. The first-order valence-electron chi connectivity index (χ1n) is 11.2. The first-order valence-corrected chi connectivity index (χ1v) is 12.3. The van der Waals surface area contributed by atoms with Crippen LogP contribution in [-0.2, 0) is 9.53 Å². The molecule has 3 N–H and O–H groups in total. The van der Waals surface area contributed by atoms with Gasteiger partial charge >= 0.3 is 5.97 Å². The van der Waals surface area contributed by atoms with Crippen molar-refractivity contribution in [3.05, 3.63) is 0 Å². The maximum Gasteiger partial charge on any atom is 0.322 e. The number of fused-ring (bicyclic) bond motifs is 2. The molecule has 0 amide bonds. The van der Waals surface area contributed by atoms with E-state index in [4.69, 9.17) is 4.74 Å². The van der Waals surface area contributed by atoms with E-state index in [1.165, 1.54) is 0 Å². The summed E-state index contributed by atoms with van der Waals surface area (Å²) in [6.07, 6.45) is 3.57. The van der Waals surface area contributed by atoms with Crippen molar-refractivity contribution in [1.29, 1.82) is 0 Å². The predicted octanol–water partition coefficient (Wildman–Crippen LogP) is 4.77. The Bertz CT molecular complexity index is 635. The molecule has 2 fully saturated rings. The highest BCUT2D eigenvalue weighted by Gasteiger charge is 2.67. The third-order valence-corrected chi connectivity index (χ3v) is 9.60. The second-order valence-electron chi connectivity index (χ2n) is 12.4. The fraction of sp³-hybridized carbons (Fsp3) is 0.958. The van der Waals surface area contributed by atoms with Crippen molar-refractivity contribution in [3.8, 4) is 0 Å². The highest BCUT2D eigenvalue weighted by molar-refractivity contribution is 14.1. The van der Waals surface area contributed by atoms with E-state index in [0.29, 0.717) is 38.5 Å². The van der Waals surface area contributed by atoms with Gasteiger partial charge in [0.05, 0.1) is 16.8 Å². The molecule has 0 aromatic heterocycles. The van der Waals surface area contributed by atoms with Crippen LogP contribution in [0.1, 0.15) is 101 Å². The second kappa shape index (κ2) is 7.56. The van der Waals surface area contributed by atoms with Crippen LogP contribution in [0.25, 0.3) is 0 Å². The Labute approximate surface area is 196 Å². The van der Waals surface area contributed by atoms with Crippen molar-refractivity contribution in [3.63, 3.8) is 0 Å². The van der Waals surface area contributed by atoms with E-state index in [0.717, 1.165) is 0 Å². The standard InChI is InChI=1S/C24H43IO5/c1-10-22(9,25)17(26)30-21(8)13-23(19(4,5)28)11-16(18(2,3)27)12-24(14-21,15-23)20(6,7)29/h16,27-29H,10-15H2,1-9H3.